The summed E-state index contributed by atoms with van der Waals surface area (Å²) >= 11 is 0. The second kappa shape index (κ2) is 11.7. The quantitative estimate of drug-likeness (QED) is 0.566. The number of aromatic nitrogens is 2. The number of urea groups is 1. The molecule has 0 aliphatic rings. The minimum absolute atomic E-state index is 0. The van der Waals surface area contributed by atoms with Crippen LogP contribution in [0.25, 0.3) is 0 Å². The number of benzene rings is 1. The van der Waals surface area contributed by atoms with Crippen LogP contribution in [0.1, 0.15) is 61.1 Å². The van der Waals surface area contributed by atoms with Gasteiger partial charge in [-0.3, -0.25) is 4.68 Å². The zero-order valence-corrected chi connectivity index (χ0v) is 17.2. The number of hydrogen-bond acceptors (Lipinski definition) is 5. The van der Waals surface area contributed by atoms with E-state index in [1.807, 2.05) is 50.6 Å². The minimum atomic E-state index is -4.34. The molecule has 3 N–H and O–H groups in total. The maximum atomic E-state index is 12.4. The summed E-state index contributed by atoms with van der Waals surface area (Å²) in [5, 5.41) is 14.8. The zero-order valence-electron chi connectivity index (χ0n) is 16.3. The molecule has 0 fully saturated rings. The average molecular weight is 456 g/mol. The zero-order chi connectivity index (χ0) is 21.2. The van der Waals surface area contributed by atoms with E-state index < -0.39 is 27.0 Å². The van der Waals surface area contributed by atoms with Crippen molar-refractivity contribution in [2.75, 3.05) is 5.32 Å². The number of carbonyl (C=O) groups is 2. The normalized spacial score (nSPS) is 10.9. The Kier molecular flexibility index (Phi) is 11.3. The van der Waals surface area contributed by atoms with E-state index in [-0.39, 0.29) is 76.6 Å². The first kappa shape index (κ1) is 29.1. The molecule has 156 valence electrons. The van der Waals surface area contributed by atoms with E-state index in [1.54, 1.807) is 0 Å². The van der Waals surface area contributed by atoms with Crippen LogP contribution in [0.2, 0.25) is 0 Å². The van der Waals surface area contributed by atoms with Gasteiger partial charge in [0.15, 0.2) is 5.03 Å². The van der Waals surface area contributed by atoms with Gasteiger partial charge < -0.3 is 10.4 Å². The standard InChI is InChI=1S/C18H24N4O5S.2Na.2H/c1-10(2)12-7-6-8-13(11(3)4)16(12)19-18(25)21-28(26,27)15-9-14(17(23)24)22(5)20-15;;;;/h6-11H,1-5H3,(H,23,24)(H2,19,21,25);;;;. The van der Waals surface area contributed by atoms with Crippen LogP contribution < -0.4 is 10.0 Å². The Bertz CT molecular complexity index is 993. The first-order valence-electron chi connectivity index (χ1n) is 8.68. The molecule has 0 spiro atoms. The van der Waals surface area contributed by atoms with E-state index in [0.717, 1.165) is 21.9 Å². The number of aryl methyl sites for hydroxylation is 1. The molecular formula is C18H26N4Na2O5S. The van der Waals surface area contributed by atoms with Crippen LogP contribution in [0.3, 0.4) is 0 Å². The summed E-state index contributed by atoms with van der Waals surface area (Å²) in [6.07, 6.45) is 0. The Morgan fingerprint density at radius 1 is 1.07 bits per heavy atom. The van der Waals surface area contributed by atoms with E-state index in [0.29, 0.717) is 5.69 Å². The fourth-order valence-corrected chi connectivity index (χ4v) is 3.68. The van der Waals surface area contributed by atoms with E-state index >= 15 is 0 Å². The van der Waals surface area contributed by atoms with E-state index in [4.69, 9.17) is 5.11 Å². The number of sulfonamides is 1. The molecule has 0 radical (unpaired) electrons. The molecule has 0 saturated heterocycles. The molecule has 12 heteroatoms. The van der Waals surface area contributed by atoms with Gasteiger partial charge in [-0.25, -0.2) is 14.3 Å². The van der Waals surface area contributed by atoms with E-state index in [1.165, 1.54) is 7.05 Å². The second-order valence-corrected chi connectivity index (χ2v) is 8.61. The summed E-state index contributed by atoms with van der Waals surface area (Å²) in [5.74, 6) is -1.10. The van der Waals surface area contributed by atoms with Crippen LogP contribution in [0, 0.1) is 0 Å². The monoisotopic (exact) mass is 456 g/mol. The molecule has 1 heterocycles. The summed E-state index contributed by atoms with van der Waals surface area (Å²) in [5.41, 5.74) is 2.01. The van der Waals surface area contributed by atoms with Crippen LogP contribution in [-0.4, -0.2) is 94.4 Å². The van der Waals surface area contributed by atoms with Gasteiger partial charge in [-0.05, 0) is 23.0 Å². The molecule has 0 saturated carbocycles. The van der Waals surface area contributed by atoms with Gasteiger partial charge in [0.05, 0.1) is 0 Å². The Balaban J connectivity index is 0.00000420. The summed E-state index contributed by atoms with van der Waals surface area (Å²) in [6.45, 7) is 7.89. The molecule has 0 aliphatic carbocycles. The van der Waals surface area contributed by atoms with Crippen molar-refractivity contribution in [3.63, 3.8) is 0 Å². The van der Waals surface area contributed by atoms with Crippen molar-refractivity contribution in [3.8, 4) is 0 Å². The second-order valence-electron chi connectivity index (χ2n) is 6.98. The average Bonchev–Trinajstić information content (AvgIpc) is 2.97. The number of carboxylic acids is 1. The van der Waals surface area contributed by atoms with Crippen molar-refractivity contribution in [2.24, 2.45) is 7.05 Å². The third-order valence-electron chi connectivity index (χ3n) is 4.19. The number of nitrogens with zero attached hydrogens (tertiary/aromatic N) is 2. The van der Waals surface area contributed by atoms with Gasteiger partial charge in [-0.2, -0.15) is 13.5 Å². The predicted octanol–water partition coefficient (Wildman–Crippen LogP) is 1.58. The third kappa shape index (κ3) is 6.81. The van der Waals surface area contributed by atoms with Gasteiger partial charge in [-0.15, -0.1) is 0 Å². The Hall–Kier alpha value is -0.880. The van der Waals surface area contributed by atoms with E-state index in [9.17, 15) is 18.0 Å². The van der Waals surface area contributed by atoms with E-state index in [2.05, 4.69) is 10.4 Å². The topological polar surface area (TPSA) is 130 Å². The summed E-state index contributed by atoms with van der Waals surface area (Å²) in [6, 6.07) is 5.58. The molecule has 30 heavy (non-hydrogen) atoms. The number of hydrogen-bond donors (Lipinski definition) is 3. The van der Waals surface area contributed by atoms with Crippen molar-refractivity contribution in [2.45, 2.75) is 44.6 Å². The molecule has 0 atom stereocenters. The number of nitrogens with one attached hydrogen (secondary N) is 2. The van der Waals surface area contributed by atoms with Gasteiger partial charge in [0, 0.05) is 18.8 Å². The fourth-order valence-electron chi connectivity index (χ4n) is 2.78. The first-order valence-corrected chi connectivity index (χ1v) is 10.2. The van der Waals surface area contributed by atoms with Crippen LogP contribution in [-0.2, 0) is 17.1 Å². The Morgan fingerprint density at radius 3 is 1.97 bits per heavy atom. The molecule has 2 rings (SSSR count). The van der Waals surface area contributed by atoms with Gasteiger partial charge in [0.25, 0.3) is 10.0 Å². The SMILES string of the molecule is CC(C)c1cccc(C(C)C)c1NC(=O)NS(=O)(=O)c1cc(C(=O)O)n(C)n1.[NaH].[NaH]. The Morgan fingerprint density at radius 2 is 1.57 bits per heavy atom. The van der Waals surface area contributed by atoms with Crippen LogP contribution >= 0.6 is 0 Å². The molecule has 2 aromatic rings. The van der Waals surface area contributed by atoms with Crippen molar-refractivity contribution < 1.29 is 23.1 Å². The summed E-state index contributed by atoms with van der Waals surface area (Å²) in [7, 11) is -3.04. The van der Waals surface area contributed by atoms with Gasteiger partial charge in [-0.1, -0.05) is 45.9 Å². The molecule has 0 aliphatic heterocycles. The van der Waals surface area contributed by atoms with Crippen LogP contribution in [0.5, 0.6) is 0 Å². The van der Waals surface area contributed by atoms with Crippen molar-refractivity contribution in [1.29, 1.82) is 0 Å². The van der Waals surface area contributed by atoms with Crippen molar-refractivity contribution in [3.05, 3.63) is 41.1 Å². The molecular weight excluding hydrogens is 430 g/mol. The van der Waals surface area contributed by atoms with Crippen molar-refractivity contribution >= 4 is 86.8 Å². The number of anilines is 1. The summed E-state index contributed by atoms with van der Waals surface area (Å²) in [4.78, 5) is 23.5. The molecule has 1 aromatic carbocycles. The molecule has 1 aromatic heterocycles. The van der Waals surface area contributed by atoms with Crippen molar-refractivity contribution in [1.82, 2.24) is 14.5 Å². The first-order chi connectivity index (χ1) is 12.9. The van der Waals surface area contributed by atoms with Crippen LogP contribution in [0.15, 0.2) is 29.3 Å². The maximum absolute atomic E-state index is 12.4. The third-order valence-corrected chi connectivity index (χ3v) is 5.39. The number of carbonyl (C=O) groups excluding carboxylic acids is 1. The van der Waals surface area contributed by atoms with Gasteiger partial charge >= 0.3 is 71.1 Å². The van der Waals surface area contributed by atoms with Gasteiger partial charge in [0.1, 0.15) is 5.69 Å². The molecule has 9 nitrogen and oxygen atoms in total. The Labute approximate surface area is 220 Å². The molecule has 0 bridgehead atoms. The predicted molar refractivity (Wildman–Crippen MR) is 118 cm³/mol. The number of rotatable bonds is 6. The summed E-state index contributed by atoms with van der Waals surface area (Å²) < 4.78 is 27.6. The number of aromatic carboxylic acids is 1. The fraction of sp³-hybridized carbons (Fsp3) is 0.389. The molecule has 0 unspecified atom stereocenters. The van der Waals surface area contributed by atoms with Crippen LogP contribution in [0.4, 0.5) is 10.5 Å². The number of carboxylic acid groups (broad SMARTS) is 1. The molecule has 2 amide bonds. The number of amides is 2. The van der Waals surface area contributed by atoms with Gasteiger partial charge in [0.2, 0.25) is 0 Å². The number of para-hydroxylation sites is 1.